The summed E-state index contributed by atoms with van der Waals surface area (Å²) in [7, 11) is 0. The highest BCUT2D eigenvalue weighted by Gasteiger charge is 2.48. The van der Waals surface area contributed by atoms with Crippen LogP contribution in [0.2, 0.25) is 0 Å². The van der Waals surface area contributed by atoms with Crippen LogP contribution in [0.3, 0.4) is 0 Å². The fourth-order valence-corrected chi connectivity index (χ4v) is 6.47. The highest BCUT2D eigenvalue weighted by molar-refractivity contribution is 8.01. The first-order valence-electron chi connectivity index (χ1n) is 11.0. The van der Waals surface area contributed by atoms with Crippen LogP contribution in [0.1, 0.15) is 25.7 Å². The first-order valence-corrected chi connectivity index (χ1v) is 12.8. The lowest BCUT2D eigenvalue weighted by molar-refractivity contribution is -0.387. The Morgan fingerprint density at radius 2 is 1.89 bits per heavy atom. The summed E-state index contributed by atoms with van der Waals surface area (Å²) < 4.78 is 14.9. The molecule has 1 aliphatic heterocycles. The van der Waals surface area contributed by atoms with Crippen molar-refractivity contribution in [2.24, 2.45) is 11.8 Å². The molecule has 2 atom stereocenters. The number of thiazole rings is 1. The number of nitro benzene ring substituents is 1. The van der Waals surface area contributed by atoms with Crippen molar-refractivity contribution in [3.63, 3.8) is 0 Å². The number of benzene rings is 2. The molecule has 180 valence electrons. The Hall–Kier alpha value is -3.38. The normalized spacial score (nSPS) is 19.7. The van der Waals surface area contributed by atoms with E-state index in [9.17, 15) is 28.9 Å². The molecular weight excluding hydrogens is 495 g/mol. The molecule has 2 fully saturated rings. The average molecular weight is 515 g/mol. The largest absolute Gasteiger partial charge is 0.325 e. The van der Waals surface area contributed by atoms with Gasteiger partial charge in [-0.3, -0.25) is 29.4 Å². The lowest BCUT2D eigenvalue weighted by Gasteiger charge is -2.19. The van der Waals surface area contributed by atoms with E-state index < -0.39 is 22.3 Å². The number of nitrogens with zero attached hydrogens (tertiary/aromatic N) is 3. The molecule has 35 heavy (non-hydrogen) atoms. The van der Waals surface area contributed by atoms with Gasteiger partial charge in [0.05, 0.1) is 38.4 Å². The number of nitro groups is 1. The van der Waals surface area contributed by atoms with E-state index in [1.165, 1.54) is 34.1 Å². The molecule has 0 radical (unpaired) electrons. The van der Waals surface area contributed by atoms with Gasteiger partial charge in [-0.1, -0.05) is 24.6 Å². The van der Waals surface area contributed by atoms with Gasteiger partial charge >= 0.3 is 5.69 Å². The van der Waals surface area contributed by atoms with Crippen LogP contribution in [0.25, 0.3) is 10.2 Å². The second kappa shape index (κ2) is 9.34. The van der Waals surface area contributed by atoms with Gasteiger partial charge in [0.2, 0.25) is 23.5 Å². The van der Waals surface area contributed by atoms with Crippen LogP contribution in [0.4, 0.5) is 21.5 Å². The Morgan fingerprint density at radius 1 is 1.17 bits per heavy atom. The maximum atomic E-state index is 13.5. The van der Waals surface area contributed by atoms with E-state index in [4.69, 9.17) is 0 Å². The van der Waals surface area contributed by atoms with Crippen LogP contribution >= 0.6 is 23.1 Å². The quantitative estimate of drug-likeness (QED) is 0.218. The standard InChI is InChI=1S/C23H19FN4O5S2/c24-16-7-5-12(9-18(16)28(32)33)25-20(29)11-34-23-26-17-8-6-13(10-19(17)35-23)27-21(30)14-3-1-2-4-15(14)22(27)31/h5-10,14-15H,1-4,11H2,(H,25,29)/t14-,15+. The first kappa shape index (κ1) is 23.4. The second-order valence-electron chi connectivity index (χ2n) is 8.40. The highest BCUT2D eigenvalue weighted by Crippen LogP contribution is 2.41. The molecule has 0 bridgehead atoms. The number of anilines is 2. The molecule has 5 rings (SSSR count). The Balaban J connectivity index is 1.26. The molecule has 0 spiro atoms. The number of rotatable bonds is 6. The van der Waals surface area contributed by atoms with E-state index in [0.717, 1.165) is 42.5 Å². The van der Waals surface area contributed by atoms with Crippen LogP contribution in [-0.4, -0.2) is 33.4 Å². The summed E-state index contributed by atoms with van der Waals surface area (Å²) in [5.74, 6) is -2.11. The van der Waals surface area contributed by atoms with E-state index in [-0.39, 0.29) is 35.1 Å². The number of halogens is 1. The molecule has 1 N–H and O–H groups in total. The molecule has 9 nitrogen and oxygen atoms in total. The Labute approximate surface area is 206 Å². The SMILES string of the molecule is O=C(CSc1nc2ccc(N3C(=O)[C@H]4CCCC[C@H]4C3=O)cc2s1)Nc1ccc(F)c([N+](=O)[O-])c1. The van der Waals surface area contributed by atoms with Crippen LogP contribution < -0.4 is 10.2 Å². The van der Waals surface area contributed by atoms with Crippen molar-refractivity contribution in [1.29, 1.82) is 0 Å². The van der Waals surface area contributed by atoms with Gasteiger partial charge in [-0.2, -0.15) is 4.39 Å². The number of hydrogen-bond donors (Lipinski definition) is 1. The number of thioether (sulfide) groups is 1. The number of carbonyl (C=O) groups excluding carboxylic acids is 3. The number of fused-ring (bicyclic) bond motifs is 2. The molecule has 2 aliphatic rings. The number of carbonyl (C=O) groups is 3. The Morgan fingerprint density at radius 3 is 2.57 bits per heavy atom. The molecule has 2 aromatic carbocycles. The zero-order chi connectivity index (χ0) is 24.7. The Kier molecular flexibility index (Phi) is 6.24. The number of imide groups is 1. The van der Waals surface area contributed by atoms with Gasteiger partial charge in [0, 0.05) is 11.8 Å². The third-order valence-electron chi connectivity index (χ3n) is 6.21. The maximum absolute atomic E-state index is 13.5. The lowest BCUT2D eigenvalue weighted by Crippen LogP contribution is -2.30. The van der Waals surface area contributed by atoms with Gasteiger partial charge in [-0.25, -0.2) is 4.98 Å². The van der Waals surface area contributed by atoms with Gasteiger partial charge in [-0.15, -0.1) is 11.3 Å². The summed E-state index contributed by atoms with van der Waals surface area (Å²) in [6.45, 7) is 0. The molecule has 2 heterocycles. The number of nitrogens with one attached hydrogen (secondary N) is 1. The van der Waals surface area contributed by atoms with E-state index >= 15 is 0 Å². The van der Waals surface area contributed by atoms with Crippen molar-refractivity contribution in [3.8, 4) is 0 Å². The summed E-state index contributed by atoms with van der Waals surface area (Å²) in [5.41, 5.74) is 0.634. The van der Waals surface area contributed by atoms with Gasteiger partial charge in [0.25, 0.3) is 0 Å². The fraction of sp³-hybridized carbons (Fsp3) is 0.304. The van der Waals surface area contributed by atoms with Crippen molar-refractivity contribution in [1.82, 2.24) is 4.98 Å². The minimum absolute atomic E-state index is 0.00961. The average Bonchev–Trinajstić information content (AvgIpc) is 3.36. The van der Waals surface area contributed by atoms with Crippen LogP contribution in [-0.2, 0) is 14.4 Å². The number of hydrogen-bond acceptors (Lipinski definition) is 8. The minimum atomic E-state index is -0.979. The number of amides is 3. The van der Waals surface area contributed by atoms with Gasteiger partial charge in [0.15, 0.2) is 4.34 Å². The first-order chi connectivity index (χ1) is 16.8. The van der Waals surface area contributed by atoms with Crippen LogP contribution in [0, 0.1) is 27.8 Å². The van der Waals surface area contributed by atoms with Crippen molar-refractivity contribution in [3.05, 3.63) is 52.3 Å². The zero-order valence-corrected chi connectivity index (χ0v) is 19.9. The smallest absolute Gasteiger partial charge is 0.306 e. The molecule has 1 saturated carbocycles. The molecule has 1 aliphatic carbocycles. The molecule has 0 unspecified atom stereocenters. The molecule has 1 aromatic heterocycles. The predicted octanol–water partition coefficient (Wildman–Crippen LogP) is 4.75. The topological polar surface area (TPSA) is 123 Å². The molecule has 1 saturated heterocycles. The summed E-state index contributed by atoms with van der Waals surface area (Å²) in [5, 5.41) is 13.4. The molecule has 12 heteroatoms. The van der Waals surface area contributed by atoms with Gasteiger partial charge in [0.1, 0.15) is 0 Å². The van der Waals surface area contributed by atoms with Crippen molar-refractivity contribution in [2.45, 2.75) is 30.0 Å². The van der Waals surface area contributed by atoms with Crippen LogP contribution in [0.5, 0.6) is 0 Å². The summed E-state index contributed by atoms with van der Waals surface area (Å²) >= 11 is 2.52. The summed E-state index contributed by atoms with van der Waals surface area (Å²) in [6.07, 6.45) is 3.44. The maximum Gasteiger partial charge on any atom is 0.306 e. The third-order valence-corrected chi connectivity index (χ3v) is 8.37. The fourth-order valence-electron chi connectivity index (χ4n) is 4.56. The Bertz CT molecular complexity index is 1350. The lowest BCUT2D eigenvalue weighted by atomic mass is 9.81. The van der Waals surface area contributed by atoms with Gasteiger partial charge < -0.3 is 5.32 Å². The monoisotopic (exact) mass is 514 g/mol. The summed E-state index contributed by atoms with van der Waals surface area (Å²) in [4.78, 5) is 53.9. The molecule has 3 aromatic rings. The third kappa shape index (κ3) is 4.50. The van der Waals surface area contributed by atoms with Crippen molar-refractivity contribution >= 4 is 68.1 Å². The second-order valence-corrected chi connectivity index (χ2v) is 10.7. The summed E-state index contributed by atoms with van der Waals surface area (Å²) in [6, 6.07) is 8.40. The predicted molar refractivity (Wildman–Crippen MR) is 130 cm³/mol. The minimum Gasteiger partial charge on any atom is -0.325 e. The van der Waals surface area contributed by atoms with E-state index in [2.05, 4.69) is 10.3 Å². The van der Waals surface area contributed by atoms with Crippen molar-refractivity contribution < 1.29 is 23.7 Å². The molecule has 3 amide bonds. The van der Waals surface area contributed by atoms with E-state index in [0.29, 0.717) is 15.5 Å². The van der Waals surface area contributed by atoms with E-state index in [1.807, 2.05) is 0 Å². The molecular formula is C23H19FN4O5S2. The van der Waals surface area contributed by atoms with E-state index in [1.54, 1.807) is 18.2 Å². The number of aromatic nitrogens is 1. The van der Waals surface area contributed by atoms with Crippen LogP contribution in [0.15, 0.2) is 40.7 Å². The highest BCUT2D eigenvalue weighted by atomic mass is 32.2. The zero-order valence-electron chi connectivity index (χ0n) is 18.2. The van der Waals surface area contributed by atoms with Gasteiger partial charge in [-0.05, 0) is 43.2 Å². The van der Waals surface area contributed by atoms with Crippen molar-refractivity contribution in [2.75, 3.05) is 16.0 Å².